The van der Waals surface area contributed by atoms with E-state index < -0.39 is 17.5 Å². The fourth-order valence-corrected chi connectivity index (χ4v) is 3.72. The Bertz CT molecular complexity index is 1540. The van der Waals surface area contributed by atoms with E-state index in [4.69, 9.17) is 18.7 Å². The maximum atomic E-state index is 13.3. The predicted octanol–water partition coefficient (Wildman–Crippen LogP) is 5.59. The predicted molar refractivity (Wildman–Crippen MR) is 137 cm³/mol. The van der Waals surface area contributed by atoms with Gasteiger partial charge < -0.3 is 24.1 Å². The summed E-state index contributed by atoms with van der Waals surface area (Å²) in [6.45, 7) is 5.19. The molecular formula is C28H25N3O6. The van der Waals surface area contributed by atoms with Crippen molar-refractivity contribution in [3.8, 4) is 28.7 Å². The van der Waals surface area contributed by atoms with Gasteiger partial charge in [-0.2, -0.15) is 5.26 Å². The van der Waals surface area contributed by atoms with Gasteiger partial charge in [0.1, 0.15) is 17.1 Å². The van der Waals surface area contributed by atoms with Gasteiger partial charge in [-0.15, -0.1) is 0 Å². The normalized spacial score (nSPS) is 11.0. The first-order valence-corrected chi connectivity index (χ1v) is 11.3. The molecule has 9 nitrogen and oxygen atoms in total. The van der Waals surface area contributed by atoms with E-state index in [1.54, 1.807) is 59.3 Å². The quantitative estimate of drug-likeness (QED) is 0.341. The van der Waals surface area contributed by atoms with E-state index in [2.05, 4.69) is 10.5 Å². The van der Waals surface area contributed by atoms with Crippen LogP contribution in [0.5, 0.6) is 11.5 Å². The molecule has 1 amide bonds. The summed E-state index contributed by atoms with van der Waals surface area (Å²) in [5.74, 6) is 0.0113. The van der Waals surface area contributed by atoms with Gasteiger partial charge in [-0.1, -0.05) is 11.2 Å². The number of nitrogens with one attached hydrogen (secondary N) is 1. The zero-order chi connectivity index (χ0) is 26.7. The van der Waals surface area contributed by atoms with Gasteiger partial charge in [0.15, 0.2) is 11.3 Å². The van der Waals surface area contributed by atoms with Crippen molar-refractivity contribution in [3.05, 3.63) is 71.4 Å². The molecule has 0 aliphatic heterocycles. The lowest BCUT2D eigenvalue weighted by Gasteiger charge is -2.20. The third-order valence-electron chi connectivity index (χ3n) is 5.42. The second-order valence-corrected chi connectivity index (χ2v) is 9.14. The summed E-state index contributed by atoms with van der Waals surface area (Å²) in [6, 6.07) is 17.1. The Kier molecular flexibility index (Phi) is 6.85. The second kappa shape index (κ2) is 10.0. The van der Waals surface area contributed by atoms with Gasteiger partial charge in [0, 0.05) is 5.56 Å². The number of hydrogen-bond donors (Lipinski definition) is 1. The maximum Gasteiger partial charge on any atom is 0.340 e. The fraction of sp³-hybridized carbons (Fsp3) is 0.214. The Morgan fingerprint density at radius 1 is 1.00 bits per heavy atom. The van der Waals surface area contributed by atoms with Crippen molar-refractivity contribution in [1.29, 1.82) is 5.26 Å². The molecular weight excluding hydrogens is 474 g/mol. The number of methoxy groups -OCH3 is 2. The highest BCUT2D eigenvalue weighted by atomic mass is 16.6. The molecule has 0 aliphatic carbocycles. The number of esters is 1. The average molecular weight is 500 g/mol. The molecule has 3 aromatic carbocycles. The van der Waals surface area contributed by atoms with Crippen molar-refractivity contribution in [2.75, 3.05) is 19.5 Å². The number of amides is 1. The molecule has 1 aromatic heterocycles. The summed E-state index contributed by atoms with van der Waals surface area (Å²) in [5, 5.41) is 16.4. The van der Waals surface area contributed by atoms with Crippen molar-refractivity contribution in [1.82, 2.24) is 5.16 Å². The van der Waals surface area contributed by atoms with E-state index in [9.17, 15) is 14.9 Å². The van der Waals surface area contributed by atoms with Crippen LogP contribution in [0.1, 0.15) is 47.2 Å². The van der Waals surface area contributed by atoms with Crippen molar-refractivity contribution >= 4 is 28.5 Å². The standard InChI is InChI=1S/C28H25N3O6/c1-28(2,3)36-27(33)20-12-16(15-29)6-9-22(20)30-26(32)25-21-13-17(7-10-24(21)37-31-25)19-14-18(34-4)8-11-23(19)35-5/h6-14H,1-5H3,(H,30,32). The monoisotopic (exact) mass is 499 g/mol. The minimum Gasteiger partial charge on any atom is -0.497 e. The highest BCUT2D eigenvalue weighted by molar-refractivity contribution is 6.13. The lowest BCUT2D eigenvalue weighted by Crippen LogP contribution is -2.25. The molecule has 37 heavy (non-hydrogen) atoms. The van der Waals surface area contributed by atoms with Crippen LogP contribution in [0.25, 0.3) is 22.1 Å². The molecule has 1 heterocycles. The summed E-state index contributed by atoms with van der Waals surface area (Å²) in [4.78, 5) is 26.1. The van der Waals surface area contributed by atoms with Crippen molar-refractivity contribution in [3.63, 3.8) is 0 Å². The highest BCUT2D eigenvalue weighted by Gasteiger charge is 2.24. The van der Waals surface area contributed by atoms with E-state index in [1.807, 2.05) is 18.2 Å². The Balaban J connectivity index is 1.72. The Morgan fingerprint density at radius 3 is 2.46 bits per heavy atom. The minimum atomic E-state index is -0.763. The van der Waals surface area contributed by atoms with Crippen molar-refractivity contribution < 1.29 is 28.3 Å². The fourth-order valence-electron chi connectivity index (χ4n) is 3.72. The number of fused-ring (bicyclic) bond motifs is 1. The number of nitrogens with zero attached hydrogens (tertiary/aromatic N) is 2. The molecule has 0 aliphatic rings. The summed E-state index contributed by atoms with van der Waals surface area (Å²) < 4.78 is 21.7. The third kappa shape index (κ3) is 5.38. The van der Waals surface area contributed by atoms with Gasteiger partial charge in [0.25, 0.3) is 5.91 Å². The molecule has 188 valence electrons. The molecule has 0 atom stereocenters. The van der Waals surface area contributed by atoms with Crippen LogP contribution < -0.4 is 14.8 Å². The summed E-state index contributed by atoms with van der Waals surface area (Å²) in [6.07, 6.45) is 0. The van der Waals surface area contributed by atoms with Crippen molar-refractivity contribution in [2.45, 2.75) is 26.4 Å². The second-order valence-electron chi connectivity index (χ2n) is 9.14. The van der Waals surface area contributed by atoms with Crippen LogP contribution in [-0.4, -0.2) is 36.9 Å². The molecule has 1 N–H and O–H groups in total. The molecule has 4 aromatic rings. The van der Waals surface area contributed by atoms with E-state index in [0.717, 1.165) is 11.1 Å². The van der Waals surface area contributed by atoms with Crippen LogP contribution >= 0.6 is 0 Å². The third-order valence-corrected chi connectivity index (χ3v) is 5.42. The minimum absolute atomic E-state index is 0.0261. The van der Waals surface area contributed by atoms with Crippen LogP contribution in [0.2, 0.25) is 0 Å². The van der Waals surface area contributed by atoms with Crippen LogP contribution in [0.4, 0.5) is 5.69 Å². The van der Waals surface area contributed by atoms with E-state index >= 15 is 0 Å². The number of hydrogen-bond acceptors (Lipinski definition) is 8. The zero-order valence-corrected chi connectivity index (χ0v) is 21.0. The molecule has 9 heteroatoms. The van der Waals surface area contributed by atoms with Gasteiger partial charge in [-0.25, -0.2) is 4.79 Å². The van der Waals surface area contributed by atoms with Crippen LogP contribution in [0.15, 0.2) is 59.1 Å². The summed E-state index contributed by atoms with van der Waals surface area (Å²) in [7, 11) is 3.15. The molecule has 0 spiro atoms. The molecule has 0 saturated carbocycles. The number of ether oxygens (including phenoxy) is 3. The Hall–Kier alpha value is -4.84. The van der Waals surface area contributed by atoms with Gasteiger partial charge in [0.2, 0.25) is 0 Å². The van der Waals surface area contributed by atoms with Gasteiger partial charge in [-0.05, 0) is 74.9 Å². The van der Waals surface area contributed by atoms with Crippen LogP contribution in [0.3, 0.4) is 0 Å². The first-order valence-electron chi connectivity index (χ1n) is 11.3. The van der Waals surface area contributed by atoms with E-state index in [-0.39, 0.29) is 22.5 Å². The maximum absolute atomic E-state index is 13.3. The van der Waals surface area contributed by atoms with E-state index in [0.29, 0.717) is 22.5 Å². The largest absolute Gasteiger partial charge is 0.497 e. The Morgan fingerprint density at radius 2 is 1.78 bits per heavy atom. The Labute approximate surface area is 213 Å². The number of anilines is 1. The number of carbonyl (C=O) groups is 2. The summed E-state index contributed by atoms with van der Waals surface area (Å²) >= 11 is 0. The molecule has 0 radical (unpaired) electrons. The smallest absolute Gasteiger partial charge is 0.340 e. The lowest BCUT2D eigenvalue weighted by atomic mass is 10.0. The lowest BCUT2D eigenvalue weighted by molar-refractivity contribution is 0.00707. The number of benzene rings is 3. The molecule has 0 bridgehead atoms. The SMILES string of the molecule is COc1ccc(OC)c(-c2ccc3onc(C(=O)Nc4ccc(C#N)cc4C(=O)OC(C)(C)C)c3c2)c1. The summed E-state index contributed by atoms with van der Waals surface area (Å²) in [5.41, 5.74) is 1.67. The number of aromatic nitrogens is 1. The average Bonchev–Trinajstić information content (AvgIpc) is 3.31. The molecule has 0 fully saturated rings. The van der Waals surface area contributed by atoms with Gasteiger partial charge >= 0.3 is 5.97 Å². The van der Waals surface area contributed by atoms with E-state index in [1.165, 1.54) is 18.2 Å². The zero-order valence-electron chi connectivity index (χ0n) is 21.0. The molecule has 0 unspecified atom stereocenters. The first-order chi connectivity index (χ1) is 17.6. The molecule has 4 rings (SSSR count). The topological polar surface area (TPSA) is 124 Å². The number of carbonyl (C=O) groups excluding carboxylic acids is 2. The van der Waals surface area contributed by atoms with Crippen molar-refractivity contribution in [2.24, 2.45) is 0 Å². The van der Waals surface area contributed by atoms with Crippen LogP contribution in [0, 0.1) is 11.3 Å². The molecule has 0 saturated heterocycles. The van der Waals surface area contributed by atoms with Gasteiger partial charge in [-0.3, -0.25) is 4.79 Å². The number of rotatable bonds is 6. The number of nitriles is 1. The van der Waals surface area contributed by atoms with Gasteiger partial charge in [0.05, 0.1) is 42.5 Å². The highest BCUT2D eigenvalue weighted by Crippen LogP contribution is 2.35. The first kappa shape index (κ1) is 25.3. The van der Waals surface area contributed by atoms with Crippen LogP contribution in [-0.2, 0) is 4.74 Å².